The van der Waals surface area contributed by atoms with Gasteiger partial charge in [-0.25, -0.2) is 15.0 Å². The molecule has 8 nitrogen and oxygen atoms in total. The standard InChI is InChI=1S/C15H14N8/c1-17-14-12(9-20-23(14)2)13-5-6-18-15(22-13)21-11-4-3-10(7-16)19-8-11/h3-6,8-9,17H,1-2H3,(H,18,21,22). The molecule has 8 heteroatoms. The Morgan fingerprint density at radius 1 is 1.17 bits per heavy atom. The van der Waals surface area contributed by atoms with Gasteiger partial charge in [-0.05, 0) is 18.2 Å². The van der Waals surface area contributed by atoms with Crippen molar-refractivity contribution in [3.8, 4) is 17.3 Å². The van der Waals surface area contributed by atoms with Gasteiger partial charge in [0, 0.05) is 20.3 Å². The number of hydrogen-bond acceptors (Lipinski definition) is 7. The molecule has 0 aliphatic rings. The predicted molar refractivity (Wildman–Crippen MR) is 86.0 cm³/mol. The highest BCUT2D eigenvalue weighted by Crippen LogP contribution is 2.26. The summed E-state index contributed by atoms with van der Waals surface area (Å²) in [4.78, 5) is 12.7. The molecule has 114 valence electrons. The van der Waals surface area contributed by atoms with E-state index in [0.29, 0.717) is 17.3 Å². The first-order valence-electron chi connectivity index (χ1n) is 6.87. The van der Waals surface area contributed by atoms with Crippen molar-refractivity contribution in [2.45, 2.75) is 0 Å². The molecule has 0 aromatic carbocycles. The van der Waals surface area contributed by atoms with E-state index >= 15 is 0 Å². The van der Waals surface area contributed by atoms with Crippen molar-refractivity contribution in [2.24, 2.45) is 7.05 Å². The first-order chi connectivity index (χ1) is 11.2. The number of rotatable bonds is 4. The minimum absolute atomic E-state index is 0.360. The number of nitrogens with one attached hydrogen (secondary N) is 2. The number of aromatic nitrogens is 5. The summed E-state index contributed by atoms with van der Waals surface area (Å²) in [6.45, 7) is 0. The van der Waals surface area contributed by atoms with Gasteiger partial charge >= 0.3 is 0 Å². The van der Waals surface area contributed by atoms with Crippen LogP contribution in [0.25, 0.3) is 11.3 Å². The molecule has 0 fully saturated rings. The number of nitriles is 1. The van der Waals surface area contributed by atoms with Gasteiger partial charge in [0.15, 0.2) is 0 Å². The molecule has 0 unspecified atom stereocenters. The maximum absolute atomic E-state index is 8.76. The van der Waals surface area contributed by atoms with Crippen LogP contribution in [0.3, 0.4) is 0 Å². The molecule has 3 aromatic heterocycles. The van der Waals surface area contributed by atoms with Gasteiger partial charge in [-0.1, -0.05) is 0 Å². The van der Waals surface area contributed by atoms with Gasteiger partial charge in [0.05, 0.1) is 29.3 Å². The zero-order valence-electron chi connectivity index (χ0n) is 12.6. The van der Waals surface area contributed by atoms with Crippen molar-refractivity contribution < 1.29 is 0 Å². The predicted octanol–water partition coefficient (Wildman–Crippen LogP) is 1.93. The zero-order valence-corrected chi connectivity index (χ0v) is 12.6. The van der Waals surface area contributed by atoms with E-state index in [4.69, 9.17) is 5.26 Å². The first kappa shape index (κ1) is 14.5. The van der Waals surface area contributed by atoms with E-state index in [2.05, 4.69) is 30.7 Å². The fraction of sp³-hybridized carbons (Fsp3) is 0.133. The molecular weight excluding hydrogens is 292 g/mol. The minimum Gasteiger partial charge on any atom is -0.373 e. The van der Waals surface area contributed by atoms with Crippen molar-refractivity contribution in [3.05, 3.63) is 42.5 Å². The monoisotopic (exact) mass is 306 g/mol. The maximum atomic E-state index is 8.76. The Bertz CT molecular complexity index is 860. The number of aryl methyl sites for hydroxylation is 1. The first-order valence-corrected chi connectivity index (χ1v) is 6.87. The maximum Gasteiger partial charge on any atom is 0.227 e. The lowest BCUT2D eigenvalue weighted by atomic mass is 10.2. The van der Waals surface area contributed by atoms with Crippen LogP contribution in [0.1, 0.15) is 5.69 Å². The van der Waals surface area contributed by atoms with E-state index in [1.54, 1.807) is 35.4 Å². The summed E-state index contributed by atoms with van der Waals surface area (Å²) in [5, 5.41) is 19.2. The molecule has 0 atom stereocenters. The van der Waals surface area contributed by atoms with Crippen LogP contribution < -0.4 is 10.6 Å². The third-order valence-electron chi connectivity index (χ3n) is 3.24. The lowest BCUT2D eigenvalue weighted by Gasteiger charge is -2.07. The topological polar surface area (TPSA) is 104 Å². The molecule has 0 saturated carbocycles. The number of anilines is 3. The molecular formula is C15H14N8. The van der Waals surface area contributed by atoms with Crippen molar-refractivity contribution in [2.75, 3.05) is 17.7 Å². The van der Waals surface area contributed by atoms with Crippen LogP contribution in [-0.2, 0) is 7.05 Å². The van der Waals surface area contributed by atoms with Gasteiger partial charge in [0.1, 0.15) is 17.6 Å². The third kappa shape index (κ3) is 2.94. The Balaban J connectivity index is 1.89. The SMILES string of the molecule is CNc1c(-c2ccnc(Nc3ccc(C#N)nc3)n2)cnn1C. The average molecular weight is 306 g/mol. The molecule has 3 heterocycles. The van der Waals surface area contributed by atoms with Crippen LogP contribution in [0.5, 0.6) is 0 Å². The van der Waals surface area contributed by atoms with Crippen molar-refractivity contribution >= 4 is 17.5 Å². The van der Waals surface area contributed by atoms with Crippen molar-refractivity contribution in [1.82, 2.24) is 24.7 Å². The highest BCUT2D eigenvalue weighted by molar-refractivity contribution is 5.72. The van der Waals surface area contributed by atoms with Crippen LogP contribution in [0.4, 0.5) is 17.5 Å². The Morgan fingerprint density at radius 3 is 2.74 bits per heavy atom. The summed E-state index contributed by atoms with van der Waals surface area (Å²) in [5.41, 5.74) is 2.71. The average Bonchev–Trinajstić information content (AvgIpc) is 2.96. The van der Waals surface area contributed by atoms with Crippen molar-refractivity contribution in [1.29, 1.82) is 5.26 Å². The van der Waals surface area contributed by atoms with E-state index in [1.807, 2.05) is 26.2 Å². The van der Waals surface area contributed by atoms with E-state index < -0.39 is 0 Å². The van der Waals surface area contributed by atoms with Gasteiger partial charge in [0.2, 0.25) is 5.95 Å². The molecule has 3 rings (SSSR count). The quantitative estimate of drug-likeness (QED) is 0.758. The van der Waals surface area contributed by atoms with E-state index in [0.717, 1.165) is 17.1 Å². The zero-order chi connectivity index (χ0) is 16.2. The van der Waals surface area contributed by atoms with Gasteiger partial charge in [-0.15, -0.1) is 0 Å². The van der Waals surface area contributed by atoms with Crippen LogP contribution >= 0.6 is 0 Å². The second kappa shape index (κ2) is 6.11. The largest absolute Gasteiger partial charge is 0.373 e. The second-order valence-corrected chi connectivity index (χ2v) is 4.71. The summed E-state index contributed by atoms with van der Waals surface area (Å²) in [5.74, 6) is 1.31. The summed E-state index contributed by atoms with van der Waals surface area (Å²) >= 11 is 0. The van der Waals surface area contributed by atoms with Crippen molar-refractivity contribution in [3.63, 3.8) is 0 Å². The number of pyridine rings is 1. The molecule has 0 aliphatic heterocycles. The smallest absolute Gasteiger partial charge is 0.227 e. The number of hydrogen-bond donors (Lipinski definition) is 2. The van der Waals surface area contributed by atoms with Gasteiger partial charge in [-0.3, -0.25) is 4.68 Å². The highest BCUT2D eigenvalue weighted by Gasteiger charge is 2.11. The second-order valence-electron chi connectivity index (χ2n) is 4.71. The van der Waals surface area contributed by atoms with E-state index in [9.17, 15) is 0 Å². The van der Waals surface area contributed by atoms with Gasteiger partial charge < -0.3 is 10.6 Å². The molecule has 0 saturated heterocycles. The van der Waals surface area contributed by atoms with Crippen LogP contribution in [0.2, 0.25) is 0 Å². The van der Waals surface area contributed by atoms with Gasteiger partial charge in [0.25, 0.3) is 0 Å². The summed E-state index contributed by atoms with van der Waals surface area (Å²) < 4.78 is 1.75. The Hall–Kier alpha value is -3.47. The third-order valence-corrected chi connectivity index (χ3v) is 3.24. The fourth-order valence-electron chi connectivity index (χ4n) is 2.15. The van der Waals surface area contributed by atoms with E-state index in [1.165, 1.54) is 0 Å². The normalized spacial score (nSPS) is 10.1. The molecule has 2 N–H and O–H groups in total. The lowest BCUT2D eigenvalue weighted by Crippen LogP contribution is -2.01. The minimum atomic E-state index is 0.360. The van der Waals surface area contributed by atoms with Crippen LogP contribution in [-0.4, -0.2) is 31.8 Å². The molecule has 0 aliphatic carbocycles. The molecule has 0 spiro atoms. The van der Waals surface area contributed by atoms with Crippen LogP contribution in [0.15, 0.2) is 36.8 Å². The van der Waals surface area contributed by atoms with Gasteiger partial charge in [-0.2, -0.15) is 10.4 Å². The molecule has 0 amide bonds. The highest BCUT2D eigenvalue weighted by atomic mass is 15.3. The Kier molecular flexibility index (Phi) is 3.84. The fourth-order valence-corrected chi connectivity index (χ4v) is 2.15. The lowest BCUT2D eigenvalue weighted by molar-refractivity contribution is 0.775. The molecule has 0 radical (unpaired) electrons. The van der Waals surface area contributed by atoms with E-state index in [-0.39, 0.29) is 0 Å². The van der Waals surface area contributed by atoms with Crippen LogP contribution in [0, 0.1) is 11.3 Å². The summed E-state index contributed by atoms with van der Waals surface area (Å²) in [6.07, 6.45) is 4.99. The summed E-state index contributed by atoms with van der Waals surface area (Å²) in [7, 11) is 3.70. The number of nitrogens with zero attached hydrogens (tertiary/aromatic N) is 6. The molecule has 0 bridgehead atoms. The molecule has 23 heavy (non-hydrogen) atoms. The molecule has 3 aromatic rings. The Labute approximate surface area is 132 Å². The Morgan fingerprint density at radius 2 is 2.04 bits per heavy atom. The summed E-state index contributed by atoms with van der Waals surface area (Å²) in [6, 6.07) is 7.18.